The zero-order chi connectivity index (χ0) is 18.5. The van der Waals surface area contributed by atoms with Gasteiger partial charge in [0, 0.05) is 12.1 Å². The fraction of sp³-hybridized carbons (Fsp3) is 0.286. The van der Waals surface area contributed by atoms with Crippen molar-refractivity contribution in [2.24, 2.45) is 10.9 Å². The molecule has 0 radical (unpaired) electrons. The van der Waals surface area contributed by atoms with E-state index in [4.69, 9.17) is 0 Å². The van der Waals surface area contributed by atoms with E-state index in [1.165, 1.54) is 11.8 Å². The summed E-state index contributed by atoms with van der Waals surface area (Å²) in [6, 6.07) is 7.28. The van der Waals surface area contributed by atoms with E-state index in [2.05, 4.69) is 24.2 Å². The highest BCUT2D eigenvalue weighted by atomic mass is 32.2. The maximum atomic E-state index is 12.2. The summed E-state index contributed by atoms with van der Waals surface area (Å²) >= 11 is 1.51. The molecule has 1 N–H and O–H groups in total. The van der Waals surface area contributed by atoms with Crippen molar-refractivity contribution < 1.29 is 9.59 Å². The van der Waals surface area contributed by atoms with Crippen molar-refractivity contribution in [2.75, 3.05) is 6.54 Å². The molecule has 134 valence electrons. The Labute approximate surface area is 158 Å². The van der Waals surface area contributed by atoms with Crippen molar-refractivity contribution in [3.05, 3.63) is 64.6 Å². The molecule has 4 nitrogen and oxygen atoms in total. The predicted octanol–water partition coefficient (Wildman–Crippen LogP) is 4.01. The molecule has 1 atom stereocenters. The largest absolute Gasteiger partial charge is 0.352 e. The number of nitrogens with zero attached hydrogens (tertiary/aromatic N) is 1. The third kappa shape index (κ3) is 4.61. The van der Waals surface area contributed by atoms with Crippen LogP contribution < -0.4 is 5.32 Å². The fourth-order valence-electron chi connectivity index (χ4n) is 2.63. The first-order chi connectivity index (χ1) is 12.5. The zero-order valence-electron chi connectivity index (χ0n) is 14.9. The molecule has 3 rings (SSSR count). The summed E-state index contributed by atoms with van der Waals surface area (Å²) in [6.07, 6.45) is 10.6. The topological polar surface area (TPSA) is 58.5 Å². The fourth-order valence-corrected chi connectivity index (χ4v) is 3.67. The van der Waals surface area contributed by atoms with Crippen molar-refractivity contribution in [3.8, 4) is 0 Å². The van der Waals surface area contributed by atoms with E-state index in [9.17, 15) is 9.59 Å². The lowest BCUT2D eigenvalue weighted by atomic mass is 10.1. The van der Waals surface area contributed by atoms with Gasteiger partial charge in [-0.3, -0.25) is 9.59 Å². The highest BCUT2D eigenvalue weighted by molar-refractivity contribution is 8.05. The standard InChI is InChI=1S/C21H22N2O2S/c1-14(2)11-12-22-20(24)16-9-7-15(8-10-16)13-19-21(25)23-17-5-3-4-6-18(17)26-19/h3-10,13-14,18H,11-12H2,1-2H3,(H,22,24)/b19-13+. The molecule has 0 saturated heterocycles. The van der Waals surface area contributed by atoms with Gasteiger partial charge in [-0.05, 0) is 42.2 Å². The Morgan fingerprint density at radius 3 is 2.77 bits per heavy atom. The van der Waals surface area contributed by atoms with Gasteiger partial charge in [0.05, 0.1) is 15.9 Å². The highest BCUT2D eigenvalue weighted by Crippen LogP contribution is 2.32. The minimum absolute atomic E-state index is 0.0682. The van der Waals surface area contributed by atoms with E-state index in [1.807, 2.05) is 42.5 Å². The van der Waals surface area contributed by atoms with Gasteiger partial charge >= 0.3 is 0 Å². The van der Waals surface area contributed by atoms with Gasteiger partial charge in [-0.2, -0.15) is 0 Å². The van der Waals surface area contributed by atoms with Gasteiger partial charge in [0.15, 0.2) is 0 Å². The first-order valence-corrected chi connectivity index (χ1v) is 9.65. The van der Waals surface area contributed by atoms with E-state index >= 15 is 0 Å². The van der Waals surface area contributed by atoms with Crippen molar-refractivity contribution in [2.45, 2.75) is 25.5 Å². The molecular weight excluding hydrogens is 344 g/mol. The van der Waals surface area contributed by atoms with Gasteiger partial charge in [-0.25, -0.2) is 4.99 Å². The first kappa shape index (κ1) is 18.4. The van der Waals surface area contributed by atoms with E-state index in [0.29, 0.717) is 22.9 Å². The summed E-state index contributed by atoms with van der Waals surface area (Å²) in [4.78, 5) is 29.1. The minimum Gasteiger partial charge on any atom is -0.352 e. The summed E-state index contributed by atoms with van der Waals surface area (Å²) in [7, 11) is 0. The lowest BCUT2D eigenvalue weighted by Gasteiger charge is -2.20. The summed E-state index contributed by atoms with van der Waals surface area (Å²) < 4.78 is 0. The maximum Gasteiger partial charge on any atom is 0.283 e. The third-order valence-corrected chi connectivity index (χ3v) is 5.33. The maximum absolute atomic E-state index is 12.2. The van der Waals surface area contributed by atoms with Crippen molar-refractivity contribution >= 4 is 35.4 Å². The van der Waals surface area contributed by atoms with Crippen LogP contribution >= 0.6 is 11.8 Å². The van der Waals surface area contributed by atoms with Gasteiger partial charge in [0.25, 0.3) is 11.8 Å². The lowest BCUT2D eigenvalue weighted by molar-refractivity contribution is -0.113. The second kappa shape index (κ2) is 8.32. The number of fused-ring (bicyclic) bond motifs is 1. The van der Waals surface area contributed by atoms with Crippen molar-refractivity contribution in [3.63, 3.8) is 0 Å². The normalized spacial score (nSPS) is 20.3. The first-order valence-electron chi connectivity index (χ1n) is 8.77. The molecule has 0 aromatic heterocycles. The van der Waals surface area contributed by atoms with Crippen LogP contribution in [0, 0.1) is 5.92 Å². The van der Waals surface area contributed by atoms with Crippen molar-refractivity contribution in [1.29, 1.82) is 0 Å². The number of carbonyl (C=O) groups is 2. The number of amides is 2. The number of hydrogen-bond donors (Lipinski definition) is 1. The average molecular weight is 366 g/mol. The lowest BCUT2D eigenvalue weighted by Crippen LogP contribution is -2.25. The number of allylic oxidation sites excluding steroid dienone is 3. The molecule has 5 heteroatoms. The molecule has 0 saturated carbocycles. The Bertz CT molecular complexity index is 817. The predicted molar refractivity (Wildman–Crippen MR) is 108 cm³/mol. The molecule has 26 heavy (non-hydrogen) atoms. The van der Waals surface area contributed by atoms with Crippen LogP contribution in [0.5, 0.6) is 0 Å². The molecule has 1 aliphatic carbocycles. The van der Waals surface area contributed by atoms with Crippen LogP contribution in [0.4, 0.5) is 0 Å². The molecule has 0 bridgehead atoms. The molecule has 1 heterocycles. The minimum atomic E-state index is -0.211. The molecule has 0 fully saturated rings. The Morgan fingerprint density at radius 1 is 1.27 bits per heavy atom. The molecule has 2 amide bonds. The van der Waals surface area contributed by atoms with Gasteiger partial charge in [0.2, 0.25) is 0 Å². The molecule has 1 unspecified atom stereocenters. The second-order valence-electron chi connectivity index (χ2n) is 6.69. The zero-order valence-corrected chi connectivity index (χ0v) is 15.8. The van der Waals surface area contributed by atoms with Gasteiger partial charge in [0.1, 0.15) is 0 Å². The van der Waals surface area contributed by atoms with Crippen molar-refractivity contribution in [1.82, 2.24) is 5.32 Å². The van der Waals surface area contributed by atoms with Gasteiger partial charge in [-0.1, -0.05) is 44.2 Å². The van der Waals surface area contributed by atoms with E-state index in [-0.39, 0.29) is 17.1 Å². The number of hydrogen-bond acceptors (Lipinski definition) is 3. The van der Waals surface area contributed by atoms with E-state index < -0.39 is 0 Å². The Morgan fingerprint density at radius 2 is 2.04 bits per heavy atom. The van der Waals surface area contributed by atoms with Crippen LogP contribution in [-0.2, 0) is 4.79 Å². The number of nitrogens with one attached hydrogen (secondary N) is 1. The van der Waals surface area contributed by atoms with Crippen LogP contribution in [0.25, 0.3) is 6.08 Å². The monoisotopic (exact) mass is 366 g/mol. The average Bonchev–Trinajstić information content (AvgIpc) is 2.62. The van der Waals surface area contributed by atoms with Crippen LogP contribution in [0.1, 0.15) is 36.2 Å². The van der Waals surface area contributed by atoms with Crippen LogP contribution in [-0.4, -0.2) is 29.3 Å². The molecule has 0 spiro atoms. The van der Waals surface area contributed by atoms with Crippen LogP contribution in [0.2, 0.25) is 0 Å². The summed E-state index contributed by atoms with van der Waals surface area (Å²) in [6.45, 7) is 4.94. The Balaban J connectivity index is 1.67. The number of benzene rings is 1. The summed E-state index contributed by atoms with van der Waals surface area (Å²) in [5, 5.41) is 3.02. The van der Waals surface area contributed by atoms with Gasteiger partial charge in [-0.15, -0.1) is 11.8 Å². The second-order valence-corrected chi connectivity index (χ2v) is 7.88. The van der Waals surface area contributed by atoms with Gasteiger partial charge < -0.3 is 5.32 Å². The Kier molecular flexibility index (Phi) is 5.89. The third-order valence-electron chi connectivity index (χ3n) is 4.13. The number of thioether (sulfide) groups is 1. The molecule has 1 aromatic rings. The molecular formula is C21H22N2O2S. The summed E-state index contributed by atoms with van der Waals surface area (Å²) in [5.41, 5.74) is 2.31. The molecule has 2 aliphatic rings. The van der Waals surface area contributed by atoms with E-state index in [1.54, 1.807) is 12.1 Å². The number of aliphatic imine (C=N–C) groups is 1. The summed E-state index contributed by atoms with van der Waals surface area (Å²) in [5.74, 6) is 0.283. The van der Waals surface area contributed by atoms with Crippen LogP contribution in [0.3, 0.4) is 0 Å². The molecule has 1 aromatic carbocycles. The Hall–Kier alpha value is -2.40. The SMILES string of the molecule is CC(C)CCNC(=O)c1ccc(/C=C2/SC3C=CC=CC3=NC2=O)cc1. The number of rotatable bonds is 5. The molecule has 1 aliphatic heterocycles. The number of carbonyl (C=O) groups excluding carboxylic acids is 2. The van der Waals surface area contributed by atoms with E-state index in [0.717, 1.165) is 17.7 Å². The highest BCUT2D eigenvalue weighted by Gasteiger charge is 2.25. The van der Waals surface area contributed by atoms with Crippen LogP contribution in [0.15, 0.2) is 58.5 Å². The smallest absolute Gasteiger partial charge is 0.283 e. The quantitative estimate of drug-likeness (QED) is 0.801.